The molecule has 15 heteroatoms. The SMILES string of the molecule is O=C1CCC(C(=O)N2CCC3(S(=O)(=O)c4ccc(Cl)cc4)c4ccc(C(F)(C(F)(F)F)C(F)(F)F)cc4CCC23)N1. The van der Waals surface area contributed by atoms with Crippen molar-refractivity contribution in [3.8, 4) is 0 Å². The quantitative estimate of drug-likeness (QED) is 0.478. The summed E-state index contributed by atoms with van der Waals surface area (Å²) in [6.45, 7) is -0.109. The van der Waals surface area contributed by atoms with Crippen molar-refractivity contribution in [2.45, 2.75) is 71.9 Å². The Balaban J connectivity index is 1.68. The summed E-state index contributed by atoms with van der Waals surface area (Å²) in [5.41, 5.74) is -7.71. The number of carbonyl (C=O) groups excluding carboxylic acids is 2. The summed E-state index contributed by atoms with van der Waals surface area (Å²) in [4.78, 5) is 26.2. The van der Waals surface area contributed by atoms with Gasteiger partial charge in [-0.25, -0.2) is 12.8 Å². The lowest BCUT2D eigenvalue weighted by Gasteiger charge is -2.43. The van der Waals surface area contributed by atoms with E-state index in [1.165, 1.54) is 29.2 Å². The molecular weight excluding hydrogens is 605 g/mol. The Kier molecular flexibility index (Phi) is 6.92. The number of carbonyl (C=O) groups is 2. The fourth-order valence-corrected chi connectivity index (χ4v) is 8.81. The highest BCUT2D eigenvalue weighted by Crippen LogP contribution is 2.56. The van der Waals surface area contributed by atoms with Gasteiger partial charge in [0.05, 0.1) is 10.9 Å². The van der Waals surface area contributed by atoms with Crippen molar-refractivity contribution in [3.63, 3.8) is 0 Å². The number of sulfone groups is 1. The van der Waals surface area contributed by atoms with E-state index < -0.39 is 56.2 Å². The number of fused-ring (bicyclic) bond motifs is 3. The molecule has 1 aliphatic carbocycles. The monoisotopic (exact) mass is 626 g/mol. The van der Waals surface area contributed by atoms with Gasteiger partial charge >= 0.3 is 18.0 Å². The maximum Gasteiger partial charge on any atom is 0.435 e. The highest BCUT2D eigenvalue weighted by atomic mass is 35.5. The third-order valence-electron chi connectivity index (χ3n) is 8.25. The summed E-state index contributed by atoms with van der Waals surface area (Å²) in [6.07, 6.45) is -13.0. The molecule has 3 aliphatic rings. The van der Waals surface area contributed by atoms with Gasteiger partial charge < -0.3 is 10.2 Å². The van der Waals surface area contributed by atoms with Crippen LogP contribution in [0.2, 0.25) is 5.02 Å². The van der Waals surface area contributed by atoms with Crippen molar-refractivity contribution in [3.05, 3.63) is 64.2 Å². The molecule has 2 amide bonds. The molecule has 0 saturated carbocycles. The molecule has 6 nitrogen and oxygen atoms in total. The first-order valence-corrected chi connectivity index (χ1v) is 14.4. The van der Waals surface area contributed by atoms with E-state index in [2.05, 4.69) is 5.32 Å². The summed E-state index contributed by atoms with van der Waals surface area (Å²) in [5.74, 6) is -0.890. The van der Waals surface area contributed by atoms with Crippen LogP contribution in [0.4, 0.5) is 30.7 Å². The molecule has 2 aromatic carbocycles. The molecule has 3 unspecified atom stereocenters. The Morgan fingerprint density at radius 2 is 1.59 bits per heavy atom. The number of rotatable bonds is 4. The van der Waals surface area contributed by atoms with E-state index in [4.69, 9.17) is 11.6 Å². The fraction of sp³-hybridized carbons (Fsp3) is 0.462. The van der Waals surface area contributed by atoms with Crippen molar-refractivity contribution in [2.75, 3.05) is 6.54 Å². The van der Waals surface area contributed by atoms with Gasteiger partial charge in [-0.15, -0.1) is 0 Å². The highest BCUT2D eigenvalue weighted by molar-refractivity contribution is 7.92. The van der Waals surface area contributed by atoms with E-state index in [-0.39, 0.29) is 65.6 Å². The van der Waals surface area contributed by atoms with Crippen LogP contribution in [-0.4, -0.2) is 56.1 Å². The number of hydrogen-bond donors (Lipinski definition) is 1. The molecule has 41 heavy (non-hydrogen) atoms. The van der Waals surface area contributed by atoms with Crippen LogP contribution >= 0.6 is 11.6 Å². The van der Waals surface area contributed by atoms with Gasteiger partial charge in [-0.05, 0) is 61.1 Å². The second kappa shape index (κ2) is 9.58. The van der Waals surface area contributed by atoms with Crippen LogP contribution < -0.4 is 5.32 Å². The Morgan fingerprint density at radius 1 is 0.951 bits per heavy atom. The first-order valence-electron chi connectivity index (χ1n) is 12.5. The van der Waals surface area contributed by atoms with E-state index in [0.717, 1.165) is 6.07 Å². The first-order chi connectivity index (χ1) is 18.9. The summed E-state index contributed by atoms with van der Waals surface area (Å²) in [6, 6.07) is 4.61. The molecule has 0 spiro atoms. The number of benzene rings is 2. The minimum atomic E-state index is -6.34. The van der Waals surface area contributed by atoms with Crippen molar-refractivity contribution in [1.82, 2.24) is 10.2 Å². The zero-order chi connectivity index (χ0) is 30.2. The maximum atomic E-state index is 14.9. The lowest BCUT2D eigenvalue weighted by molar-refractivity contribution is -0.348. The van der Waals surface area contributed by atoms with Crippen LogP contribution in [0.15, 0.2) is 47.4 Å². The van der Waals surface area contributed by atoms with E-state index in [9.17, 15) is 48.7 Å². The second-order valence-corrected chi connectivity index (χ2v) is 13.0. The Labute approximate surface area is 234 Å². The summed E-state index contributed by atoms with van der Waals surface area (Å²) in [5, 5.41) is 2.75. The van der Waals surface area contributed by atoms with E-state index in [1.54, 1.807) is 0 Å². The average molecular weight is 627 g/mol. The predicted octanol–water partition coefficient (Wildman–Crippen LogP) is 5.12. The zero-order valence-corrected chi connectivity index (χ0v) is 22.5. The Hall–Kier alpha value is -2.87. The molecule has 5 rings (SSSR count). The van der Waals surface area contributed by atoms with E-state index in [0.29, 0.717) is 12.1 Å². The molecule has 0 aromatic heterocycles. The van der Waals surface area contributed by atoms with Gasteiger partial charge in [-0.1, -0.05) is 29.8 Å². The van der Waals surface area contributed by atoms with Crippen LogP contribution in [0.1, 0.15) is 42.4 Å². The predicted molar refractivity (Wildman–Crippen MR) is 131 cm³/mol. The van der Waals surface area contributed by atoms with Crippen molar-refractivity contribution < 1.29 is 48.7 Å². The van der Waals surface area contributed by atoms with Crippen molar-refractivity contribution in [1.29, 1.82) is 0 Å². The summed E-state index contributed by atoms with van der Waals surface area (Å²) >= 11 is 5.92. The molecule has 0 bridgehead atoms. The largest absolute Gasteiger partial charge is 0.435 e. The number of nitrogens with one attached hydrogen (secondary N) is 1. The van der Waals surface area contributed by atoms with Crippen LogP contribution in [0, 0.1) is 0 Å². The lowest BCUT2D eigenvalue weighted by Crippen LogP contribution is -2.55. The van der Waals surface area contributed by atoms with Gasteiger partial charge in [0.25, 0.3) is 0 Å². The molecule has 2 aromatic rings. The number of amides is 2. The minimum Gasteiger partial charge on any atom is -0.344 e. The van der Waals surface area contributed by atoms with Gasteiger partial charge in [0.15, 0.2) is 9.84 Å². The summed E-state index contributed by atoms with van der Waals surface area (Å²) in [7, 11) is -4.47. The van der Waals surface area contributed by atoms with Crippen LogP contribution in [-0.2, 0) is 36.3 Å². The average Bonchev–Trinajstić information content (AvgIpc) is 3.51. The molecule has 0 radical (unpaired) electrons. The van der Waals surface area contributed by atoms with Gasteiger partial charge in [-0.3, -0.25) is 9.59 Å². The number of alkyl halides is 7. The number of nitrogens with zero attached hydrogens (tertiary/aromatic N) is 1. The second-order valence-electron chi connectivity index (χ2n) is 10.4. The number of halogens is 8. The third kappa shape index (κ3) is 4.31. The normalized spacial score (nSPS) is 25.1. The summed E-state index contributed by atoms with van der Waals surface area (Å²) < 4.78 is 123. The third-order valence-corrected chi connectivity index (χ3v) is 11.0. The lowest BCUT2D eigenvalue weighted by atomic mass is 9.76. The maximum absolute atomic E-state index is 14.9. The van der Waals surface area contributed by atoms with Gasteiger partial charge in [0.1, 0.15) is 10.8 Å². The van der Waals surface area contributed by atoms with Gasteiger partial charge in [-0.2, -0.15) is 26.3 Å². The molecule has 2 aliphatic heterocycles. The van der Waals surface area contributed by atoms with Crippen LogP contribution in [0.25, 0.3) is 0 Å². The van der Waals surface area contributed by atoms with Crippen LogP contribution in [0.5, 0.6) is 0 Å². The number of hydrogen-bond acceptors (Lipinski definition) is 4. The molecule has 2 fully saturated rings. The standard InChI is InChI=1S/C26H22ClF7N2O4S/c27-16-3-5-17(6-4-16)41(39,40)23-11-12-36(22(38)19-8-10-21(37)35-19)20(23)9-1-14-13-15(2-7-18(14)23)24(28,25(29,30)31)26(32,33)34/h2-7,13,19-20H,1,8-12H2,(H,35,37). The Morgan fingerprint density at radius 3 is 2.15 bits per heavy atom. The number of likely N-dealkylation sites (tertiary alicyclic amines) is 1. The zero-order valence-electron chi connectivity index (χ0n) is 21.0. The molecule has 2 heterocycles. The van der Waals surface area contributed by atoms with Crippen LogP contribution in [0.3, 0.4) is 0 Å². The number of aryl methyl sites for hydroxylation is 1. The van der Waals surface area contributed by atoms with Crippen molar-refractivity contribution in [2.24, 2.45) is 0 Å². The smallest absolute Gasteiger partial charge is 0.344 e. The first kappa shape index (κ1) is 29.6. The van der Waals surface area contributed by atoms with E-state index >= 15 is 0 Å². The molecular formula is C26H22ClF7N2O4S. The highest BCUT2D eigenvalue weighted by Gasteiger charge is 2.74. The fourth-order valence-electron chi connectivity index (χ4n) is 6.32. The topological polar surface area (TPSA) is 83.6 Å². The molecule has 3 atom stereocenters. The molecule has 2 saturated heterocycles. The molecule has 1 N–H and O–H groups in total. The van der Waals surface area contributed by atoms with Gasteiger partial charge in [0, 0.05) is 23.6 Å². The molecule has 222 valence electrons. The Bertz CT molecular complexity index is 1500. The van der Waals surface area contributed by atoms with E-state index in [1.807, 2.05) is 0 Å². The van der Waals surface area contributed by atoms with Crippen molar-refractivity contribution >= 4 is 33.3 Å². The van der Waals surface area contributed by atoms with Gasteiger partial charge in [0.2, 0.25) is 11.8 Å². The minimum absolute atomic E-state index is 0.0954.